The molecule has 0 radical (unpaired) electrons. The smallest absolute Gasteiger partial charge is 0.175 e. The van der Waals surface area contributed by atoms with Gasteiger partial charge in [0.25, 0.3) is 0 Å². The van der Waals surface area contributed by atoms with Crippen molar-refractivity contribution in [2.75, 3.05) is 6.26 Å². The van der Waals surface area contributed by atoms with Gasteiger partial charge in [0.05, 0.1) is 4.90 Å². The Morgan fingerprint density at radius 3 is 2.00 bits per heavy atom. The third kappa shape index (κ3) is 4.86. The van der Waals surface area contributed by atoms with E-state index in [4.69, 9.17) is 0 Å². The quantitative estimate of drug-likeness (QED) is 0.427. The maximum Gasteiger partial charge on any atom is 0.175 e. The molecule has 0 unspecified atom stereocenters. The minimum atomic E-state index is -3.30. The number of rotatable bonds is 6. The summed E-state index contributed by atoms with van der Waals surface area (Å²) in [5.41, 5.74) is 4.53. The van der Waals surface area contributed by atoms with Gasteiger partial charge >= 0.3 is 0 Å². The minimum Gasteiger partial charge on any atom is -0.264 e. The maximum absolute atomic E-state index is 14.2. The van der Waals surface area contributed by atoms with Crippen LogP contribution in [0.25, 0.3) is 11.1 Å². The Balaban J connectivity index is 1.77. The van der Waals surface area contributed by atoms with E-state index < -0.39 is 9.84 Å². The first kappa shape index (κ1) is 20.9. The number of aromatic nitrogens is 2. The molecule has 31 heavy (non-hydrogen) atoms. The zero-order valence-electron chi connectivity index (χ0n) is 16.9. The van der Waals surface area contributed by atoms with Crippen LogP contribution in [0, 0.1) is 5.82 Å². The number of halogens is 1. The van der Waals surface area contributed by atoms with Gasteiger partial charge in [-0.1, -0.05) is 30.3 Å². The molecular weight excluding hydrogens is 411 g/mol. The van der Waals surface area contributed by atoms with Crippen LogP contribution < -0.4 is 0 Å². The average Bonchev–Trinajstić information content (AvgIpc) is 2.79. The highest BCUT2D eigenvalue weighted by atomic mass is 32.2. The van der Waals surface area contributed by atoms with Crippen LogP contribution in [-0.4, -0.2) is 24.6 Å². The van der Waals surface area contributed by atoms with Crippen molar-refractivity contribution in [1.82, 2.24) is 9.97 Å². The normalized spacial score (nSPS) is 11.6. The number of hydrogen-bond donors (Lipinski definition) is 0. The first-order valence-electron chi connectivity index (χ1n) is 9.80. The van der Waals surface area contributed by atoms with Crippen molar-refractivity contribution in [2.45, 2.75) is 17.2 Å². The Kier molecular flexibility index (Phi) is 5.91. The van der Waals surface area contributed by atoms with Crippen LogP contribution in [0.5, 0.6) is 0 Å². The molecule has 0 fully saturated rings. The average molecular weight is 433 g/mol. The molecule has 2 heterocycles. The van der Waals surface area contributed by atoms with E-state index in [0.717, 1.165) is 27.8 Å². The molecule has 0 amide bonds. The number of hydrogen-bond acceptors (Lipinski definition) is 4. The second-order valence-electron chi connectivity index (χ2n) is 7.43. The predicted molar refractivity (Wildman–Crippen MR) is 119 cm³/mol. The molecule has 0 bridgehead atoms. The Morgan fingerprint density at radius 1 is 0.871 bits per heavy atom. The lowest BCUT2D eigenvalue weighted by molar-refractivity contribution is 0.602. The van der Waals surface area contributed by atoms with Gasteiger partial charge < -0.3 is 0 Å². The molecule has 2 aromatic carbocycles. The third-order valence-corrected chi connectivity index (χ3v) is 6.39. The van der Waals surface area contributed by atoms with Gasteiger partial charge in [-0.05, 0) is 70.6 Å². The number of sulfone groups is 1. The van der Waals surface area contributed by atoms with E-state index in [1.807, 2.05) is 36.7 Å². The van der Waals surface area contributed by atoms with Gasteiger partial charge in [0.1, 0.15) is 5.82 Å². The summed E-state index contributed by atoms with van der Waals surface area (Å²) in [6, 6.07) is 19.1. The van der Waals surface area contributed by atoms with Crippen molar-refractivity contribution >= 4 is 9.84 Å². The first-order chi connectivity index (χ1) is 14.9. The van der Waals surface area contributed by atoms with Crippen molar-refractivity contribution in [3.63, 3.8) is 0 Å². The summed E-state index contributed by atoms with van der Waals surface area (Å²) in [5.74, 6) is -0.354. The van der Waals surface area contributed by atoms with Gasteiger partial charge in [-0.25, -0.2) is 12.8 Å². The fraction of sp³-hybridized carbons (Fsp3) is 0.120. The Hall–Kier alpha value is -3.38. The molecule has 156 valence electrons. The summed E-state index contributed by atoms with van der Waals surface area (Å²) in [6.07, 6.45) is 8.92. The minimum absolute atomic E-state index is 0.0121. The summed E-state index contributed by atoms with van der Waals surface area (Å²) in [6.45, 7) is 0. The third-order valence-electron chi connectivity index (χ3n) is 5.26. The topological polar surface area (TPSA) is 59.9 Å². The lowest BCUT2D eigenvalue weighted by Gasteiger charge is -2.20. The van der Waals surface area contributed by atoms with Crippen LogP contribution in [0.2, 0.25) is 0 Å². The summed E-state index contributed by atoms with van der Waals surface area (Å²) in [5, 5.41) is 0. The molecule has 4 aromatic rings. The summed E-state index contributed by atoms with van der Waals surface area (Å²) in [4.78, 5) is 8.76. The summed E-state index contributed by atoms with van der Waals surface area (Å²) < 4.78 is 37.7. The van der Waals surface area contributed by atoms with Crippen LogP contribution in [0.3, 0.4) is 0 Å². The van der Waals surface area contributed by atoms with Crippen LogP contribution in [0.1, 0.15) is 22.6 Å². The fourth-order valence-corrected chi connectivity index (χ4v) is 4.32. The molecule has 0 saturated carbocycles. The van der Waals surface area contributed by atoms with E-state index in [1.54, 1.807) is 42.7 Å². The van der Waals surface area contributed by atoms with E-state index in [-0.39, 0.29) is 16.6 Å². The maximum atomic E-state index is 14.2. The van der Waals surface area contributed by atoms with E-state index in [2.05, 4.69) is 9.97 Å². The number of nitrogens with zero attached hydrogens (tertiary/aromatic N) is 2. The zero-order chi connectivity index (χ0) is 21.8. The Labute approximate surface area is 181 Å². The highest BCUT2D eigenvalue weighted by Crippen LogP contribution is 2.33. The van der Waals surface area contributed by atoms with Crippen LogP contribution in [-0.2, 0) is 16.3 Å². The van der Waals surface area contributed by atoms with Crippen molar-refractivity contribution in [1.29, 1.82) is 0 Å². The summed E-state index contributed by atoms with van der Waals surface area (Å²) >= 11 is 0. The molecular formula is C25H21FN2O2S. The predicted octanol–water partition coefficient (Wildman–Crippen LogP) is 5.06. The largest absolute Gasteiger partial charge is 0.264 e. The second-order valence-corrected chi connectivity index (χ2v) is 9.44. The Morgan fingerprint density at radius 2 is 1.48 bits per heavy atom. The van der Waals surface area contributed by atoms with Gasteiger partial charge in [-0.15, -0.1) is 0 Å². The molecule has 0 aliphatic carbocycles. The molecule has 0 spiro atoms. The molecule has 0 atom stereocenters. The van der Waals surface area contributed by atoms with E-state index >= 15 is 0 Å². The molecule has 0 aliphatic rings. The lowest BCUT2D eigenvalue weighted by atomic mass is 9.85. The molecule has 4 nitrogen and oxygen atoms in total. The zero-order valence-corrected chi connectivity index (χ0v) is 17.8. The monoisotopic (exact) mass is 432 g/mol. The Bertz CT molecular complexity index is 1240. The standard InChI is InChI=1S/C25H21FN2O2S/c1-31(29,30)23-10-7-18(8-11-23)25-15-22(26)9-6-19(25)14-24(20-4-2-12-27-16-20)21-5-3-13-28-17-21/h2-13,15-17,24H,14H2,1H3. The van der Waals surface area contributed by atoms with Crippen molar-refractivity contribution in [3.8, 4) is 11.1 Å². The molecule has 0 N–H and O–H groups in total. The van der Waals surface area contributed by atoms with Crippen molar-refractivity contribution in [2.24, 2.45) is 0 Å². The lowest BCUT2D eigenvalue weighted by Crippen LogP contribution is -2.07. The number of benzene rings is 2. The highest BCUT2D eigenvalue weighted by molar-refractivity contribution is 7.90. The van der Waals surface area contributed by atoms with Crippen molar-refractivity contribution < 1.29 is 12.8 Å². The molecule has 0 saturated heterocycles. The van der Waals surface area contributed by atoms with Crippen LogP contribution in [0.15, 0.2) is 96.4 Å². The van der Waals surface area contributed by atoms with Gasteiger partial charge in [-0.2, -0.15) is 0 Å². The second kappa shape index (κ2) is 8.78. The van der Waals surface area contributed by atoms with E-state index in [9.17, 15) is 12.8 Å². The van der Waals surface area contributed by atoms with E-state index in [0.29, 0.717) is 6.42 Å². The van der Waals surface area contributed by atoms with Crippen LogP contribution in [0.4, 0.5) is 4.39 Å². The van der Waals surface area contributed by atoms with Crippen LogP contribution >= 0.6 is 0 Å². The molecule has 4 rings (SSSR count). The molecule has 6 heteroatoms. The van der Waals surface area contributed by atoms with Gasteiger partial charge in [-0.3, -0.25) is 9.97 Å². The van der Waals surface area contributed by atoms with Crippen molar-refractivity contribution in [3.05, 3.63) is 114 Å². The fourth-order valence-electron chi connectivity index (χ4n) is 3.69. The SMILES string of the molecule is CS(=O)(=O)c1ccc(-c2cc(F)ccc2CC(c2cccnc2)c2cccnc2)cc1. The number of pyridine rings is 2. The highest BCUT2D eigenvalue weighted by Gasteiger charge is 2.18. The molecule has 0 aliphatic heterocycles. The van der Waals surface area contributed by atoms with E-state index in [1.165, 1.54) is 18.4 Å². The van der Waals surface area contributed by atoms with Gasteiger partial charge in [0, 0.05) is 37.0 Å². The first-order valence-corrected chi connectivity index (χ1v) is 11.7. The van der Waals surface area contributed by atoms with Gasteiger partial charge in [0.15, 0.2) is 9.84 Å². The van der Waals surface area contributed by atoms with Gasteiger partial charge in [0.2, 0.25) is 0 Å². The molecule has 2 aromatic heterocycles. The summed E-state index contributed by atoms with van der Waals surface area (Å²) in [7, 11) is -3.30.